The van der Waals surface area contributed by atoms with Crippen molar-refractivity contribution in [1.29, 1.82) is 0 Å². The molecular formula is C22H29F. The molecule has 124 valence electrons. The van der Waals surface area contributed by atoms with Gasteiger partial charge >= 0.3 is 0 Å². The average Bonchev–Trinajstić information content (AvgIpc) is 2.85. The number of allylic oxidation sites excluding steroid dienone is 7. The second-order valence-electron chi connectivity index (χ2n) is 8.62. The second-order valence-corrected chi connectivity index (χ2v) is 8.62. The molecule has 4 aliphatic rings. The molecule has 0 aliphatic heterocycles. The molecule has 0 aromatic heterocycles. The Morgan fingerprint density at radius 1 is 1.30 bits per heavy atom. The van der Waals surface area contributed by atoms with E-state index < -0.39 is 0 Å². The van der Waals surface area contributed by atoms with Gasteiger partial charge in [-0.2, -0.15) is 0 Å². The van der Waals surface area contributed by atoms with E-state index in [9.17, 15) is 4.39 Å². The Morgan fingerprint density at radius 2 is 2.13 bits per heavy atom. The lowest BCUT2D eigenvalue weighted by molar-refractivity contribution is 0.00237. The van der Waals surface area contributed by atoms with Crippen LogP contribution in [0.3, 0.4) is 0 Å². The first-order valence-electron chi connectivity index (χ1n) is 9.40. The van der Waals surface area contributed by atoms with Gasteiger partial charge in [0.05, 0.1) is 6.33 Å². The van der Waals surface area contributed by atoms with Crippen LogP contribution in [-0.2, 0) is 0 Å². The minimum Gasteiger partial charge on any atom is -0.216 e. The monoisotopic (exact) mass is 312 g/mol. The van der Waals surface area contributed by atoms with E-state index in [2.05, 4.69) is 51.2 Å². The van der Waals surface area contributed by atoms with Gasteiger partial charge in [-0.05, 0) is 72.3 Å². The quantitative estimate of drug-likeness (QED) is 0.493. The van der Waals surface area contributed by atoms with Gasteiger partial charge in [-0.15, -0.1) is 0 Å². The summed E-state index contributed by atoms with van der Waals surface area (Å²) >= 11 is 0. The van der Waals surface area contributed by atoms with E-state index in [0.717, 1.165) is 31.2 Å². The van der Waals surface area contributed by atoms with Crippen LogP contribution in [0.15, 0.2) is 47.9 Å². The van der Waals surface area contributed by atoms with Crippen LogP contribution in [-0.4, -0.2) is 0 Å². The summed E-state index contributed by atoms with van der Waals surface area (Å²) in [6.07, 6.45) is 18.6. The van der Waals surface area contributed by atoms with Crippen LogP contribution in [0.1, 0.15) is 52.9 Å². The van der Waals surface area contributed by atoms with E-state index >= 15 is 0 Å². The molecular weight excluding hydrogens is 283 g/mol. The lowest BCUT2D eigenvalue weighted by Crippen LogP contribution is -2.47. The van der Waals surface area contributed by atoms with Gasteiger partial charge in [0.25, 0.3) is 0 Å². The highest BCUT2D eigenvalue weighted by Crippen LogP contribution is 2.66. The first-order valence-corrected chi connectivity index (χ1v) is 9.40. The van der Waals surface area contributed by atoms with Gasteiger partial charge in [-0.25, -0.2) is 4.39 Å². The van der Waals surface area contributed by atoms with Crippen molar-refractivity contribution >= 4 is 0 Å². The standard InChI is InChI=1S/C22H29F/c1-4-18-15(14-23)13-20-17-9-8-16-7-5-6-11-21(16,2)19(17)10-12-22(18,20)3/h6-9,11,14,17-20H,4-5,10,12-13H2,1-3H3/t17-,18+,19+,20+,21+,22-/m1/s1. The van der Waals surface area contributed by atoms with Crippen molar-refractivity contribution in [2.24, 2.45) is 34.5 Å². The number of fused-ring (bicyclic) bond motifs is 5. The summed E-state index contributed by atoms with van der Waals surface area (Å²) in [5.74, 6) is 2.34. The largest absolute Gasteiger partial charge is 0.216 e. The Hall–Kier alpha value is -1.11. The third-order valence-electron chi connectivity index (χ3n) is 7.85. The molecule has 0 aromatic rings. The van der Waals surface area contributed by atoms with E-state index in [0.29, 0.717) is 23.7 Å². The number of rotatable bonds is 1. The van der Waals surface area contributed by atoms with E-state index in [-0.39, 0.29) is 10.8 Å². The highest BCUT2D eigenvalue weighted by molar-refractivity contribution is 5.41. The zero-order chi connectivity index (χ0) is 16.2. The fourth-order valence-corrected chi connectivity index (χ4v) is 6.63. The Morgan fingerprint density at radius 3 is 2.87 bits per heavy atom. The Kier molecular flexibility index (Phi) is 3.48. The van der Waals surface area contributed by atoms with Gasteiger partial charge in [0, 0.05) is 5.41 Å². The number of hydrogen-bond acceptors (Lipinski definition) is 0. The normalized spacial score (nSPS) is 49.6. The van der Waals surface area contributed by atoms with Crippen LogP contribution in [0.5, 0.6) is 0 Å². The molecule has 0 saturated heterocycles. The molecule has 0 amide bonds. The van der Waals surface area contributed by atoms with Crippen molar-refractivity contribution < 1.29 is 4.39 Å². The van der Waals surface area contributed by atoms with Gasteiger partial charge in [0.2, 0.25) is 0 Å². The maximum atomic E-state index is 13.5. The summed E-state index contributed by atoms with van der Waals surface area (Å²) in [5.41, 5.74) is 3.08. The van der Waals surface area contributed by atoms with Crippen molar-refractivity contribution in [2.45, 2.75) is 52.9 Å². The number of halogens is 1. The van der Waals surface area contributed by atoms with E-state index in [1.165, 1.54) is 18.4 Å². The van der Waals surface area contributed by atoms with Crippen LogP contribution in [0, 0.1) is 34.5 Å². The van der Waals surface area contributed by atoms with Crippen LogP contribution < -0.4 is 0 Å². The molecule has 0 N–H and O–H groups in total. The topological polar surface area (TPSA) is 0 Å². The first kappa shape index (κ1) is 15.4. The predicted octanol–water partition coefficient (Wildman–Crippen LogP) is 6.38. The van der Waals surface area contributed by atoms with E-state index in [1.54, 1.807) is 0 Å². The molecule has 0 aromatic carbocycles. The van der Waals surface area contributed by atoms with Crippen molar-refractivity contribution in [2.75, 3.05) is 0 Å². The van der Waals surface area contributed by atoms with Crippen LogP contribution in [0.4, 0.5) is 4.39 Å². The second kappa shape index (κ2) is 5.19. The van der Waals surface area contributed by atoms with Crippen LogP contribution in [0.2, 0.25) is 0 Å². The van der Waals surface area contributed by atoms with Crippen molar-refractivity contribution in [3.63, 3.8) is 0 Å². The number of hydrogen-bond donors (Lipinski definition) is 0. The Labute approximate surface area is 140 Å². The van der Waals surface area contributed by atoms with Crippen molar-refractivity contribution in [3.05, 3.63) is 47.9 Å². The minimum atomic E-state index is 0.197. The average molecular weight is 312 g/mol. The van der Waals surface area contributed by atoms with Gasteiger partial charge in [-0.3, -0.25) is 0 Å². The highest BCUT2D eigenvalue weighted by atomic mass is 19.1. The summed E-state index contributed by atoms with van der Waals surface area (Å²) in [4.78, 5) is 0. The minimum absolute atomic E-state index is 0.197. The smallest absolute Gasteiger partial charge is 0.0862 e. The maximum Gasteiger partial charge on any atom is 0.0862 e. The molecule has 1 heteroatoms. The summed E-state index contributed by atoms with van der Waals surface area (Å²) in [7, 11) is 0. The lowest BCUT2D eigenvalue weighted by Gasteiger charge is -2.55. The summed E-state index contributed by atoms with van der Waals surface area (Å²) in [5, 5.41) is 0. The molecule has 0 bridgehead atoms. The predicted molar refractivity (Wildman–Crippen MR) is 94.5 cm³/mol. The molecule has 23 heavy (non-hydrogen) atoms. The molecule has 2 saturated carbocycles. The lowest BCUT2D eigenvalue weighted by atomic mass is 9.49. The van der Waals surface area contributed by atoms with Crippen molar-refractivity contribution in [3.8, 4) is 0 Å². The highest BCUT2D eigenvalue weighted by Gasteiger charge is 2.58. The fourth-order valence-electron chi connectivity index (χ4n) is 6.63. The zero-order valence-corrected chi connectivity index (χ0v) is 14.7. The molecule has 0 heterocycles. The molecule has 0 spiro atoms. The molecule has 6 atom stereocenters. The van der Waals surface area contributed by atoms with Crippen molar-refractivity contribution in [1.82, 2.24) is 0 Å². The van der Waals surface area contributed by atoms with Gasteiger partial charge in [0.1, 0.15) is 0 Å². The summed E-state index contributed by atoms with van der Waals surface area (Å²) in [6, 6.07) is 0. The SMILES string of the molecule is CC[C@H]1C(=CF)C[C@H]2[C@@H]3C=CC4=CCC=C[C@]4(C)[C@H]3CC[C@]12C. The fraction of sp³-hybridized carbons (Fsp3) is 0.636. The zero-order valence-electron chi connectivity index (χ0n) is 14.7. The third kappa shape index (κ3) is 1.95. The van der Waals surface area contributed by atoms with E-state index in [4.69, 9.17) is 0 Å². The molecule has 2 fully saturated rings. The third-order valence-corrected chi connectivity index (χ3v) is 7.85. The molecule has 0 unspecified atom stereocenters. The summed E-state index contributed by atoms with van der Waals surface area (Å²) < 4.78 is 13.5. The molecule has 4 rings (SSSR count). The van der Waals surface area contributed by atoms with E-state index in [1.807, 2.05) is 0 Å². The Bertz CT molecular complexity index is 622. The summed E-state index contributed by atoms with van der Waals surface area (Å²) in [6.45, 7) is 7.10. The van der Waals surface area contributed by atoms with Gasteiger partial charge in [-0.1, -0.05) is 51.2 Å². The first-order chi connectivity index (χ1) is 11.0. The van der Waals surface area contributed by atoms with Gasteiger partial charge in [0.15, 0.2) is 0 Å². The van der Waals surface area contributed by atoms with Crippen LogP contribution >= 0.6 is 0 Å². The molecule has 0 nitrogen and oxygen atoms in total. The maximum absolute atomic E-state index is 13.5. The molecule has 0 radical (unpaired) electrons. The Balaban J connectivity index is 1.76. The molecule has 4 aliphatic carbocycles. The van der Waals surface area contributed by atoms with Gasteiger partial charge < -0.3 is 0 Å². The van der Waals surface area contributed by atoms with Crippen LogP contribution in [0.25, 0.3) is 0 Å².